The number of hydrogen-bond acceptors (Lipinski definition) is 6. The topological polar surface area (TPSA) is 80.2 Å². The number of nitrogens with one attached hydrogen (secondary N) is 1. The molecule has 1 unspecified atom stereocenters. The summed E-state index contributed by atoms with van der Waals surface area (Å²) in [5.74, 6) is -2.17. The lowest BCUT2D eigenvalue weighted by Gasteiger charge is -2.28. The third-order valence-corrected chi connectivity index (χ3v) is 6.09. The van der Waals surface area contributed by atoms with Crippen LogP contribution in [0, 0.1) is 0 Å². The maximum atomic E-state index is 12.8. The summed E-state index contributed by atoms with van der Waals surface area (Å²) in [5.41, 5.74) is 1.41. The van der Waals surface area contributed by atoms with E-state index in [4.69, 9.17) is 4.74 Å². The number of ether oxygens (including phenoxy) is 2. The van der Waals surface area contributed by atoms with Gasteiger partial charge in [-0.05, 0) is 42.3 Å². The molecular formula is C22H20F5N3O4S. The Bertz CT molecular complexity index is 1110. The molecule has 2 aromatic rings. The molecule has 0 spiro atoms. The third kappa shape index (κ3) is 6.62. The molecule has 7 nitrogen and oxygen atoms in total. The van der Waals surface area contributed by atoms with Gasteiger partial charge in [0.2, 0.25) is 0 Å². The first-order valence-corrected chi connectivity index (χ1v) is 11.1. The lowest BCUT2D eigenvalue weighted by molar-refractivity contribution is -0.167. The predicted molar refractivity (Wildman–Crippen MR) is 120 cm³/mol. The van der Waals surface area contributed by atoms with Crippen molar-refractivity contribution in [2.24, 2.45) is 5.10 Å². The summed E-state index contributed by atoms with van der Waals surface area (Å²) in [6.45, 7) is -1.22. The largest absolute Gasteiger partial charge is 0.493 e. The summed E-state index contributed by atoms with van der Waals surface area (Å²) >= 11 is 1.01. The Morgan fingerprint density at radius 3 is 2.43 bits per heavy atom. The summed E-state index contributed by atoms with van der Waals surface area (Å²) in [4.78, 5) is 23.7. The van der Waals surface area contributed by atoms with Gasteiger partial charge in [-0.1, -0.05) is 30.8 Å². The highest BCUT2D eigenvalue weighted by atomic mass is 32.2. The van der Waals surface area contributed by atoms with Crippen molar-refractivity contribution in [1.82, 2.24) is 5.01 Å². The van der Waals surface area contributed by atoms with E-state index in [1.54, 1.807) is 11.4 Å². The van der Waals surface area contributed by atoms with E-state index in [1.165, 1.54) is 48.5 Å². The lowest BCUT2D eigenvalue weighted by Crippen LogP contribution is -2.34. The summed E-state index contributed by atoms with van der Waals surface area (Å²) in [7, 11) is 1.32. The summed E-state index contributed by atoms with van der Waals surface area (Å²) < 4.78 is 72.5. The molecule has 0 fully saturated rings. The van der Waals surface area contributed by atoms with Crippen LogP contribution in [0.3, 0.4) is 0 Å². The smallest absolute Gasteiger partial charge is 0.471 e. The summed E-state index contributed by atoms with van der Waals surface area (Å²) in [6, 6.07) is 9.89. The van der Waals surface area contributed by atoms with Gasteiger partial charge < -0.3 is 14.8 Å². The van der Waals surface area contributed by atoms with Crippen LogP contribution in [0.5, 0.6) is 11.5 Å². The minimum atomic E-state index is -5.02. The number of carbonyl (C=O) groups is 2. The second-order valence-corrected chi connectivity index (χ2v) is 8.37. The molecule has 1 atom stereocenters. The van der Waals surface area contributed by atoms with Gasteiger partial charge in [0.15, 0.2) is 11.5 Å². The van der Waals surface area contributed by atoms with Crippen LogP contribution in [-0.2, 0) is 11.3 Å². The molecule has 0 aliphatic carbocycles. The van der Waals surface area contributed by atoms with Crippen molar-refractivity contribution in [3.63, 3.8) is 0 Å². The van der Waals surface area contributed by atoms with Crippen LogP contribution in [-0.4, -0.2) is 47.0 Å². The molecule has 1 heterocycles. The van der Waals surface area contributed by atoms with Crippen LogP contribution in [0.4, 0.5) is 32.4 Å². The van der Waals surface area contributed by atoms with Gasteiger partial charge in [0.1, 0.15) is 0 Å². The Kier molecular flexibility index (Phi) is 8.20. The van der Waals surface area contributed by atoms with Crippen molar-refractivity contribution in [1.29, 1.82) is 0 Å². The first kappa shape index (κ1) is 26.3. The quantitative estimate of drug-likeness (QED) is 0.458. The fourth-order valence-electron chi connectivity index (χ4n) is 3.19. The van der Waals surface area contributed by atoms with Gasteiger partial charge in [0.25, 0.3) is 0 Å². The van der Waals surface area contributed by atoms with Gasteiger partial charge in [0.05, 0.1) is 24.6 Å². The number of amides is 2. The normalized spacial score (nSPS) is 16.2. The van der Waals surface area contributed by atoms with E-state index in [0.29, 0.717) is 23.3 Å². The molecule has 13 heteroatoms. The van der Waals surface area contributed by atoms with E-state index < -0.39 is 18.7 Å². The van der Waals surface area contributed by atoms with Gasteiger partial charge >= 0.3 is 23.9 Å². The number of methoxy groups -OCH3 is 1. The highest BCUT2D eigenvalue weighted by Crippen LogP contribution is 2.34. The number of benzene rings is 2. The zero-order valence-corrected chi connectivity index (χ0v) is 19.3. The van der Waals surface area contributed by atoms with E-state index in [-0.39, 0.29) is 34.2 Å². The van der Waals surface area contributed by atoms with Crippen molar-refractivity contribution < 1.29 is 41.0 Å². The molecule has 2 aromatic carbocycles. The van der Waals surface area contributed by atoms with Crippen molar-refractivity contribution in [3.05, 3.63) is 53.6 Å². The second kappa shape index (κ2) is 10.9. The third-order valence-electron chi connectivity index (χ3n) is 4.84. The highest BCUT2D eigenvalue weighted by Gasteiger charge is 2.38. The molecule has 0 bridgehead atoms. The lowest BCUT2D eigenvalue weighted by atomic mass is 10.0. The number of carbonyl (C=O) groups excluding carboxylic acids is 2. The first-order chi connectivity index (χ1) is 16.5. The van der Waals surface area contributed by atoms with Crippen LogP contribution in [0.25, 0.3) is 0 Å². The maximum Gasteiger partial charge on any atom is 0.471 e. The van der Waals surface area contributed by atoms with Gasteiger partial charge in [0, 0.05) is 11.3 Å². The zero-order chi connectivity index (χ0) is 25.8. The molecule has 1 aliphatic heterocycles. The fraction of sp³-hybridized carbons (Fsp3) is 0.318. The first-order valence-electron chi connectivity index (χ1n) is 10.2. The Hall–Kier alpha value is -3.35. The predicted octanol–water partition coefficient (Wildman–Crippen LogP) is 5.65. The Morgan fingerprint density at radius 1 is 1.17 bits per heavy atom. The molecular weight excluding hydrogens is 497 g/mol. The van der Waals surface area contributed by atoms with E-state index >= 15 is 0 Å². The van der Waals surface area contributed by atoms with Crippen LogP contribution < -0.4 is 14.8 Å². The second-order valence-electron chi connectivity index (χ2n) is 7.22. The number of hydrogen-bond donors (Lipinski definition) is 1. The van der Waals surface area contributed by atoms with Crippen LogP contribution in [0.2, 0.25) is 0 Å². The average molecular weight is 517 g/mol. The minimum absolute atomic E-state index is 0.00416. The molecule has 35 heavy (non-hydrogen) atoms. The van der Waals surface area contributed by atoms with E-state index in [9.17, 15) is 31.5 Å². The number of rotatable bonds is 8. The van der Waals surface area contributed by atoms with Crippen LogP contribution >= 0.6 is 11.8 Å². The van der Waals surface area contributed by atoms with Gasteiger partial charge in [-0.25, -0.2) is 5.01 Å². The van der Waals surface area contributed by atoms with Crippen LogP contribution in [0.15, 0.2) is 47.6 Å². The summed E-state index contributed by atoms with van der Waals surface area (Å²) in [5, 5.41) is 6.66. The Labute approximate surface area is 201 Å². The Balaban J connectivity index is 1.85. The molecule has 188 valence electrons. The molecule has 0 saturated carbocycles. The average Bonchev–Trinajstić information content (AvgIpc) is 2.80. The minimum Gasteiger partial charge on any atom is -0.493 e. The highest BCUT2D eigenvalue weighted by molar-refractivity contribution is 8.14. The fourth-order valence-corrected chi connectivity index (χ4v) is 4.12. The molecule has 3 rings (SSSR count). The van der Waals surface area contributed by atoms with E-state index in [2.05, 4.69) is 9.84 Å². The Morgan fingerprint density at radius 2 is 1.86 bits per heavy atom. The molecule has 2 amide bonds. The van der Waals surface area contributed by atoms with Crippen molar-refractivity contribution in [2.45, 2.75) is 37.9 Å². The maximum absolute atomic E-state index is 12.8. The van der Waals surface area contributed by atoms with Crippen LogP contribution in [0.1, 0.15) is 24.5 Å². The number of thioether (sulfide) groups is 1. The monoisotopic (exact) mass is 517 g/mol. The standard InChI is InChI=1S/C22H20F5N3O4S/c1-3-17-18(13-6-9-15(33-2)16(10-13)34-20(23)24)29-30(21(32)35-17)11-12-4-7-14(8-5-12)28-19(31)22(25,26)27/h4-10,17,20H,3,11H2,1-2H3,(H,28,31). The number of anilines is 1. The van der Waals surface area contributed by atoms with E-state index in [1.807, 2.05) is 6.92 Å². The van der Waals surface area contributed by atoms with Gasteiger partial charge in [-0.2, -0.15) is 27.1 Å². The molecule has 0 aromatic heterocycles. The zero-order valence-electron chi connectivity index (χ0n) is 18.4. The molecule has 0 radical (unpaired) electrons. The van der Waals surface area contributed by atoms with E-state index in [0.717, 1.165) is 11.8 Å². The number of nitrogens with zero attached hydrogens (tertiary/aromatic N) is 2. The van der Waals surface area contributed by atoms with Crippen molar-refractivity contribution in [3.8, 4) is 11.5 Å². The van der Waals surface area contributed by atoms with Gasteiger partial charge in [-0.15, -0.1) is 0 Å². The molecule has 0 saturated heterocycles. The number of alkyl halides is 5. The number of halogens is 5. The van der Waals surface area contributed by atoms with Crippen molar-refractivity contribution >= 4 is 34.3 Å². The van der Waals surface area contributed by atoms with Crippen molar-refractivity contribution in [2.75, 3.05) is 12.4 Å². The molecule has 1 aliphatic rings. The summed E-state index contributed by atoms with van der Waals surface area (Å²) in [6.07, 6.45) is -4.48. The molecule has 1 N–H and O–H groups in total. The SMILES string of the molecule is CCC1SC(=O)N(Cc2ccc(NC(=O)C(F)(F)F)cc2)N=C1c1ccc(OC)c(OC(F)F)c1. The van der Waals surface area contributed by atoms with Gasteiger partial charge in [-0.3, -0.25) is 9.59 Å². The number of hydrazone groups is 1.